The molecule has 0 saturated heterocycles. The summed E-state index contributed by atoms with van der Waals surface area (Å²) in [6.45, 7) is 0. The average molecular weight is 304 g/mol. The van der Waals surface area contributed by atoms with Crippen LogP contribution in [0.1, 0.15) is 10.4 Å². The summed E-state index contributed by atoms with van der Waals surface area (Å²) in [6, 6.07) is 6.44. The third-order valence-electron chi connectivity index (χ3n) is 1.57. The molecule has 0 unspecified atom stereocenters. The molecule has 0 saturated carbocycles. The van der Waals surface area contributed by atoms with Gasteiger partial charge in [0.25, 0.3) is 0 Å². The Balaban J connectivity index is 2.73. The van der Waals surface area contributed by atoms with Crippen molar-refractivity contribution in [2.45, 2.75) is 0 Å². The molecule has 2 amide bonds. The normalized spacial score (nSPS) is 9.50. The van der Waals surface area contributed by atoms with Crippen molar-refractivity contribution < 1.29 is 9.59 Å². The van der Waals surface area contributed by atoms with Crippen molar-refractivity contribution in [1.82, 2.24) is 0 Å². The molecule has 74 valence electrons. The SMILES string of the molecule is NC(=O)c1ccc(NC(=O)CI)cc1. The van der Waals surface area contributed by atoms with Gasteiger partial charge < -0.3 is 11.1 Å². The highest BCUT2D eigenvalue weighted by atomic mass is 127. The number of hydrogen-bond donors (Lipinski definition) is 2. The summed E-state index contributed by atoms with van der Waals surface area (Å²) in [6.07, 6.45) is 0. The lowest BCUT2D eigenvalue weighted by molar-refractivity contribution is -0.113. The number of rotatable bonds is 3. The number of carbonyl (C=O) groups is 2. The molecular weight excluding hydrogens is 295 g/mol. The smallest absolute Gasteiger partial charge is 0.248 e. The average Bonchev–Trinajstić information content (AvgIpc) is 2.18. The first-order chi connectivity index (χ1) is 6.63. The number of amides is 2. The molecule has 5 heteroatoms. The third-order valence-corrected chi connectivity index (χ3v) is 2.27. The van der Waals surface area contributed by atoms with Crippen LogP contribution < -0.4 is 11.1 Å². The van der Waals surface area contributed by atoms with Gasteiger partial charge in [-0.2, -0.15) is 0 Å². The van der Waals surface area contributed by atoms with E-state index in [-0.39, 0.29) is 5.91 Å². The summed E-state index contributed by atoms with van der Waals surface area (Å²) in [5.41, 5.74) is 6.16. The highest BCUT2D eigenvalue weighted by molar-refractivity contribution is 14.1. The standard InChI is InChI=1S/C9H9IN2O2/c10-5-8(13)12-7-3-1-6(2-4-7)9(11)14/h1-4H,5H2,(H2,11,14)(H,12,13). The van der Waals surface area contributed by atoms with Gasteiger partial charge >= 0.3 is 0 Å². The van der Waals surface area contributed by atoms with E-state index in [0.29, 0.717) is 15.7 Å². The maximum atomic E-state index is 11.0. The number of halogens is 1. The zero-order valence-electron chi connectivity index (χ0n) is 7.29. The van der Waals surface area contributed by atoms with Gasteiger partial charge in [0.15, 0.2) is 0 Å². The summed E-state index contributed by atoms with van der Waals surface area (Å²) in [4.78, 5) is 21.7. The van der Waals surface area contributed by atoms with Crippen molar-refractivity contribution in [3.63, 3.8) is 0 Å². The number of alkyl halides is 1. The fraction of sp³-hybridized carbons (Fsp3) is 0.111. The van der Waals surface area contributed by atoms with Crippen molar-refractivity contribution >= 4 is 40.1 Å². The number of anilines is 1. The number of carbonyl (C=O) groups excluding carboxylic acids is 2. The van der Waals surface area contributed by atoms with E-state index in [1.807, 2.05) is 22.6 Å². The van der Waals surface area contributed by atoms with Crippen molar-refractivity contribution in [2.75, 3.05) is 9.74 Å². The topological polar surface area (TPSA) is 72.2 Å². The molecule has 0 fully saturated rings. The largest absolute Gasteiger partial charge is 0.366 e. The fourth-order valence-corrected chi connectivity index (χ4v) is 1.10. The van der Waals surface area contributed by atoms with E-state index in [1.165, 1.54) is 0 Å². The van der Waals surface area contributed by atoms with Gasteiger partial charge in [0.1, 0.15) is 0 Å². The molecule has 0 aromatic heterocycles. The molecular formula is C9H9IN2O2. The first-order valence-electron chi connectivity index (χ1n) is 3.89. The minimum absolute atomic E-state index is 0.0718. The number of hydrogen-bond acceptors (Lipinski definition) is 2. The molecule has 4 nitrogen and oxygen atoms in total. The van der Waals surface area contributed by atoms with Gasteiger partial charge in [-0.25, -0.2) is 0 Å². The molecule has 0 spiro atoms. The fourth-order valence-electron chi connectivity index (χ4n) is 0.912. The van der Waals surface area contributed by atoms with Gasteiger partial charge in [-0.3, -0.25) is 9.59 Å². The van der Waals surface area contributed by atoms with E-state index in [4.69, 9.17) is 5.73 Å². The van der Waals surface area contributed by atoms with Crippen molar-refractivity contribution in [3.8, 4) is 0 Å². The van der Waals surface area contributed by atoms with Crippen LogP contribution in [0.4, 0.5) is 5.69 Å². The summed E-state index contributed by atoms with van der Waals surface area (Å²) in [7, 11) is 0. The van der Waals surface area contributed by atoms with Crippen molar-refractivity contribution in [3.05, 3.63) is 29.8 Å². The molecule has 1 aromatic rings. The molecule has 0 radical (unpaired) electrons. The van der Waals surface area contributed by atoms with Crippen molar-refractivity contribution in [2.24, 2.45) is 5.73 Å². The Bertz CT molecular complexity index is 348. The Hall–Kier alpha value is -1.11. The summed E-state index contributed by atoms with van der Waals surface area (Å²) < 4.78 is 0.398. The zero-order valence-corrected chi connectivity index (χ0v) is 9.45. The second kappa shape index (κ2) is 4.94. The van der Waals surface area contributed by atoms with Crippen LogP contribution in [-0.2, 0) is 4.79 Å². The van der Waals surface area contributed by atoms with E-state index in [2.05, 4.69) is 5.32 Å². The molecule has 1 rings (SSSR count). The maximum absolute atomic E-state index is 11.0. The van der Waals surface area contributed by atoms with Crippen LogP contribution in [0.5, 0.6) is 0 Å². The van der Waals surface area contributed by atoms with Gasteiger partial charge in [-0.15, -0.1) is 0 Å². The summed E-state index contributed by atoms with van der Waals surface area (Å²) >= 11 is 1.97. The van der Waals surface area contributed by atoms with Gasteiger partial charge in [0.05, 0.1) is 4.43 Å². The van der Waals surface area contributed by atoms with Crippen LogP contribution in [0.25, 0.3) is 0 Å². The molecule has 1 aromatic carbocycles. The molecule has 0 atom stereocenters. The Morgan fingerprint density at radius 2 is 1.86 bits per heavy atom. The second-order valence-corrected chi connectivity index (χ2v) is 3.39. The quantitative estimate of drug-likeness (QED) is 0.650. The van der Waals surface area contributed by atoms with E-state index >= 15 is 0 Å². The van der Waals surface area contributed by atoms with Crippen LogP contribution in [0.15, 0.2) is 24.3 Å². The van der Waals surface area contributed by atoms with Crippen LogP contribution in [0.2, 0.25) is 0 Å². The Morgan fingerprint density at radius 3 is 2.29 bits per heavy atom. The molecule has 0 heterocycles. The predicted molar refractivity (Wildman–Crippen MR) is 62.5 cm³/mol. The predicted octanol–water partition coefficient (Wildman–Crippen LogP) is 1.16. The first-order valence-corrected chi connectivity index (χ1v) is 5.41. The zero-order chi connectivity index (χ0) is 10.6. The first kappa shape index (κ1) is 11.0. The Labute approximate surface area is 95.0 Å². The maximum Gasteiger partial charge on any atom is 0.248 e. The third kappa shape index (κ3) is 2.99. The number of nitrogens with two attached hydrogens (primary N) is 1. The van der Waals surface area contributed by atoms with Crippen LogP contribution in [-0.4, -0.2) is 16.2 Å². The van der Waals surface area contributed by atoms with Crippen LogP contribution in [0, 0.1) is 0 Å². The lowest BCUT2D eigenvalue weighted by Crippen LogP contribution is -2.13. The second-order valence-electron chi connectivity index (χ2n) is 2.62. The number of nitrogens with one attached hydrogen (secondary N) is 1. The van der Waals surface area contributed by atoms with E-state index in [9.17, 15) is 9.59 Å². The van der Waals surface area contributed by atoms with Gasteiger partial charge in [0.2, 0.25) is 11.8 Å². The summed E-state index contributed by atoms with van der Waals surface area (Å²) in [5.74, 6) is -0.547. The molecule has 14 heavy (non-hydrogen) atoms. The molecule has 0 aliphatic carbocycles. The Kier molecular flexibility index (Phi) is 3.87. The van der Waals surface area contributed by atoms with Gasteiger partial charge in [-0.1, -0.05) is 22.6 Å². The number of benzene rings is 1. The monoisotopic (exact) mass is 304 g/mol. The highest BCUT2D eigenvalue weighted by Gasteiger charge is 2.01. The van der Waals surface area contributed by atoms with Gasteiger partial charge in [-0.05, 0) is 24.3 Å². The molecule has 3 N–H and O–H groups in total. The Morgan fingerprint density at radius 1 is 1.29 bits per heavy atom. The van der Waals surface area contributed by atoms with E-state index in [1.54, 1.807) is 24.3 Å². The summed E-state index contributed by atoms with van der Waals surface area (Å²) in [5, 5.41) is 2.66. The minimum Gasteiger partial charge on any atom is -0.366 e. The highest BCUT2D eigenvalue weighted by Crippen LogP contribution is 2.09. The number of primary amides is 1. The lowest BCUT2D eigenvalue weighted by atomic mass is 10.2. The van der Waals surface area contributed by atoms with Crippen LogP contribution >= 0.6 is 22.6 Å². The molecule has 0 aliphatic heterocycles. The van der Waals surface area contributed by atoms with E-state index < -0.39 is 5.91 Å². The molecule has 0 bridgehead atoms. The lowest BCUT2D eigenvalue weighted by Gasteiger charge is -2.02. The molecule has 0 aliphatic rings. The minimum atomic E-state index is -0.475. The van der Waals surface area contributed by atoms with E-state index in [0.717, 1.165) is 0 Å². The van der Waals surface area contributed by atoms with Crippen molar-refractivity contribution in [1.29, 1.82) is 0 Å². The van der Waals surface area contributed by atoms with Gasteiger partial charge in [0, 0.05) is 11.3 Å². The van der Waals surface area contributed by atoms with Crippen LogP contribution in [0.3, 0.4) is 0 Å².